The van der Waals surface area contributed by atoms with Crippen molar-refractivity contribution in [3.63, 3.8) is 0 Å². The molecule has 1 saturated heterocycles. The number of anilines is 1. The standard InChI is InChI=1S/C23H28N2O2/c1-23(2,3)22(27)25-15-13-19(14-16-25)21(26)24-20-11-9-18(10-12-20)17-7-5-4-6-8-17/h4-12,19H,13-16H2,1-3H3,(H,24,26). The van der Waals surface area contributed by atoms with Crippen LogP contribution in [-0.4, -0.2) is 29.8 Å². The number of rotatable bonds is 3. The molecule has 0 aromatic heterocycles. The van der Waals surface area contributed by atoms with E-state index in [0.717, 1.165) is 29.7 Å². The SMILES string of the molecule is CC(C)(C)C(=O)N1CCC(C(=O)Nc2ccc(-c3ccccc3)cc2)CC1. The second-order valence-electron chi connectivity index (χ2n) is 8.25. The lowest BCUT2D eigenvalue weighted by Gasteiger charge is -2.35. The number of amides is 2. The first-order valence-corrected chi connectivity index (χ1v) is 9.60. The van der Waals surface area contributed by atoms with Gasteiger partial charge in [0.25, 0.3) is 0 Å². The molecule has 0 spiro atoms. The molecule has 1 fully saturated rings. The molecule has 2 amide bonds. The molecule has 4 nitrogen and oxygen atoms in total. The largest absolute Gasteiger partial charge is 0.342 e. The number of likely N-dealkylation sites (tertiary alicyclic amines) is 1. The monoisotopic (exact) mass is 364 g/mol. The number of carbonyl (C=O) groups is 2. The molecule has 1 aliphatic heterocycles. The van der Waals surface area contributed by atoms with Crippen LogP contribution >= 0.6 is 0 Å². The zero-order valence-corrected chi connectivity index (χ0v) is 16.4. The van der Waals surface area contributed by atoms with Crippen LogP contribution in [-0.2, 0) is 9.59 Å². The fraction of sp³-hybridized carbons (Fsp3) is 0.391. The molecule has 0 bridgehead atoms. The van der Waals surface area contributed by atoms with E-state index < -0.39 is 0 Å². The summed E-state index contributed by atoms with van der Waals surface area (Å²) in [6, 6.07) is 18.1. The Bertz CT molecular complexity index is 783. The molecule has 2 aromatic rings. The summed E-state index contributed by atoms with van der Waals surface area (Å²) in [4.78, 5) is 26.8. The molecule has 142 valence electrons. The van der Waals surface area contributed by atoms with Crippen molar-refractivity contribution < 1.29 is 9.59 Å². The Kier molecular flexibility index (Phi) is 5.64. The number of hydrogen-bond donors (Lipinski definition) is 1. The number of piperidine rings is 1. The van der Waals surface area contributed by atoms with Crippen molar-refractivity contribution in [3.8, 4) is 11.1 Å². The van der Waals surface area contributed by atoms with Crippen LogP contribution in [0.1, 0.15) is 33.6 Å². The van der Waals surface area contributed by atoms with Crippen molar-refractivity contribution in [2.75, 3.05) is 18.4 Å². The van der Waals surface area contributed by atoms with E-state index in [0.29, 0.717) is 13.1 Å². The van der Waals surface area contributed by atoms with Crippen molar-refractivity contribution in [2.45, 2.75) is 33.6 Å². The summed E-state index contributed by atoms with van der Waals surface area (Å²) in [5.74, 6) is 0.172. The third kappa shape index (κ3) is 4.76. The Morgan fingerprint density at radius 3 is 2.00 bits per heavy atom. The van der Waals surface area contributed by atoms with Crippen molar-refractivity contribution in [1.82, 2.24) is 4.90 Å². The number of carbonyl (C=O) groups excluding carboxylic acids is 2. The van der Waals surface area contributed by atoms with Crippen LogP contribution in [0.4, 0.5) is 5.69 Å². The molecule has 27 heavy (non-hydrogen) atoms. The van der Waals surface area contributed by atoms with Gasteiger partial charge < -0.3 is 10.2 Å². The van der Waals surface area contributed by atoms with Crippen LogP contribution in [0.15, 0.2) is 54.6 Å². The fourth-order valence-corrected chi connectivity index (χ4v) is 3.44. The molecule has 1 N–H and O–H groups in total. The topological polar surface area (TPSA) is 49.4 Å². The Balaban J connectivity index is 1.55. The molecule has 4 heteroatoms. The highest BCUT2D eigenvalue weighted by molar-refractivity contribution is 5.93. The van der Waals surface area contributed by atoms with E-state index in [9.17, 15) is 9.59 Å². The van der Waals surface area contributed by atoms with Crippen LogP contribution in [0.3, 0.4) is 0 Å². The van der Waals surface area contributed by atoms with Crippen LogP contribution in [0, 0.1) is 11.3 Å². The predicted octanol–water partition coefficient (Wildman–Crippen LogP) is 4.58. The van der Waals surface area contributed by atoms with Gasteiger partial charge in [-0.25, -0.2) is 0 Å². The summed E-state index contributed by atoms with van der Waals surface area (Å²) in [5, 5.41) is 3.02. The van der Waals surface area contributed by atoms with Crippen LogP contribution < -0.4 is 5.32 Å². The molecule has 1 aliphatic rings. The highest BCUT2D eigenvalue weighted by Crippen LogP contribution is 2.25. The maximum absolute atomic E-state index is 12.6. The minimum absolute atomic E-state index is 0.0391. The van der Waals surface area contributed by atoms with Crippen molar-refractivity contribution in [1.29, 1.82) is 0 Å². The van der Waals surface area contributed by atoms with E-state index in [1.54, 1.807) is 0 Å². The minimum atomic E-state index is -0.365. The lowest BCUT2D eigenvalue weighted by molar-refractivity contribution is -0.142. The maximum Gasteiger partial charge on any atom is 0.227 e. The van der Waals surface area contributed by atoms with Gasteiger partial charge in [-0.2, -0.15) is 0 Å². The summed E-state index contributed by atoms with van der Waals surface area (Å²) in [5.41, 5.74) is 2.73. The van der Waals surface area contributed by atoms with Gasteiger partial charge in [-0.05, 0) is 36.1 Å². The Morgan fingerprint density at radius 1 is 0.889 bits per heavy atom. The molecule has 2 aromatic carbocycles. The average molecular weight is 364 g/mol. The van der Waals surface area contributed by atoms with Crippen LogP contribution in [0.2, 0.25) is 0 Å². The highest BCUT2D eigenvalue weighted by Gasteiger charge is 2.32. The van der Waals surface area contributed by atoms with Crippen molar-refractivity contribution in [3.05, 3.63) is 54.6 Å². The number of nitrogens with one attached hydrogen (secondary N) is 1. The van der Waals surface area contributed by atoms with E-state index in [1.807, 2.05) is 68.1 Å². The zero-order valence-electron chi connectivity index (χ0n) is 16.4. The van der Waals surface area contributed by atoms with Gasteiger partial charge in [-0.3, -0.25) is 9.59 Å². The van der Waals surface area contributed by atoms with E-state index >= 15 is 0 Å². The molecule has 1 heterocycles. The van der Waals surface area contributed by atoms with Gasteiger partial charge in [0.2, 0.25) is 11.8 Å². The molecule has 0 aliphatic carbocycles. The number of nitrogens with zero attached hydrogens (tertiary/aromatic N) is 1. The quantitative estimate of drug-likeness (QED) is 0.867. The molecule has 0 saturated carbocycles. The first kappa shape index (κ1) is 19.2. The van der Waals surface area contributed by atoms with Gasteiger partial charge in [0.05, 0.1) is 0 Å². The Labute approximate surface area is 161 Å². The van der Waals surface area contributed by atoms with E-state index in [2.05, 4.69) is 17.4 Å². The Morgan fingerprint density at radius 2 is 1.44 bits per heavy atom. The van der Waals surface area contributed by atoms with Gasteiger partial charge in [0.15, 0.2) is 0 Å². The Hall–Kier alpha value is -2.62. The highest BCUT2D eigenvalue weighted by atomic mass is 16.2. The van der Waals surface area contributed by atoms with E-state index in [4.69, 9.17) is 0 Å². The van der Waals surface area contributed by atoms with Crippen LogP contribution in [0.5, 0.6) is 0 Å². The average Bonchev–Trinajstić information content (AvgIpc) is 2.68. The van der Waals surface area contributed by atoms with Gasteiger partial charge >= 0.3 is 0 Å². The van der Waals surface area contributed by atoms with Crippen molar-refractivity contribution >= 4 is 17.5 Å². The minimum Gasteiger partial charge on any atom is -0.342 e. The first-order valence-electron chi connectivity index (χ1n) is 9.60. The third-order valence-corrected chi connectivity index (χ3v) is 5.05. The molecular weight excluding hydrogens is 336 g/mol. The fourth-order valence-electron chi connectivity index (χ4n) is 3.44. The molecule has 0 radical (unpaired) electrons. The number of benzene rings is 2. The first-order chi connectivity index (χ1) is 12.8. The molecule has 3 rings (SSSR count). The van der Waals surface area contributed by atoms with E-state index in [1.165, 1.54) is 0 Å². The van der Waals surface area contributed by atoms with Gasteiger partial charge in [-0.15, -0.1) is 0 Å². The summed E-state index contributed by atoms with van der Waals surface area (Å²) < 4.78 is 0. The molecule has 0 unspecified atom stereocenters. The van der Waals surface area contributed by atoms with Crippen LogP contribution in [0.25, 0.3) is 11.1 Å². The van der Waals surface area contributed by atoms with E-state index in [-0.39, 0.29) is 23.1 Å². The van der Waals surface area contributed by atoms with Gasteiger partial charge in [0, 0.05) is 30.1 Å². The molecule has 0 atom stereocenters. The normalized spacial score (nSPS) is 15.4. The number of hydrogen-bond acceptors (Lipinski definition) is 2. The zero-order chi connectivity index (χ0) is 19.4. The van der Waals surface area contributed by atoms with Gasteiger partial charge in [0.1, 0.15) is 0 Å². The van der Waals surface area contributed by atoms with Gasteiger partial charge in [-0.1, -0.05) is 63.2 Å². The second-order valence-corrected chi connectivity index (χ2v) is 8.25. The summed E-state index contributed by atoms with van der Waals surface area (Å²) in [6.45, 7) is 7.12. The predicted molar refractivity (Wildman–Crippen MR) is 109 cm³/mol. The lowest BCUT2D eigenvalue weighted by Crippen LogP contribution is -2.45. The smallest absolute Gasteiger partial charge is 0.227 e. The third-order valence-electron chi connectivity index (χ3n) is 5.05. The molecular formula is C23H28N2O2. The summed E-state index contributed by atoms with van der Waals surface area (Å²) in [6.07, 6.45) is 1.44. The van der Waals surface area contributed by atoms with Crippen molar-refractivity contribution in [2.24, 2.45) is 11.3 Å². The summed E-state index contributed by atoms with van der Waals surface area (Å²) >= 11 is 0. The lowest BCUT2D eigenvalue weighted by atomic mass is 9.90. The second kappa shape index (κ2) is 7.95. The maximum atomic E-state index is 12.6. The summed E-state index contributed by atoms with van der Waals surface area (Å²) in [7, 11) is 0.